The monoisotopic (exact) mass is 558 g/mol. The largest absolute Gasteiger partial charge is 0.497 e. The zero-order chi connectivity index (χ0) is 21.9. The Morgan fingerprint density at radius 1 is 1.12 bits per heavy atom. The van der Waals surface area contributed by atoms with E-state index in [9.17, 15) is 4.39 Å². The van der Waals surface area contributed by atoms with Crippen LogP contribution in [0.3, 0.4) is 0 Å². The van der Waals surface area contributed by atoms with Crippen molar-refractivity contribution in [3.8, 4) is 11.5 Å². The third-order valence-electron chi connectivity index (χ3n) is 5.13. The summed E-state index contributed by atoms with van der Waals surface area (Å²) in [5.41, 5.74) is 0.938. The Bertz CT molecular complexity index is 832. The van der Waals surface area contributed by atoms with Crippen LogP contribution in [-0.4, -0.2) is 71.0 Å². The zero-order valence-electron chi connectivity index (χ0n) is 18.6. The predicted octanol–water partition coefficient (Wildman–Crippen LogP) is 3.07. The number of halogens is 2. The molecule has 0 spiro atoms. The van der Waals surface area contributed by atoms with E-state index in [1.165, 1.54) is 6.07 Å². The first kappa shape index (κ1) is 26.1. The van der Waals surface area contributed by atoms with Gasteiger partial charge in [-0.15, -0.1) is 24.0 Å². The average molecular weight is 558 g/mol. The van der Waals surface area contributed by atoms with Crippen LogP contribution in [0, 0.1) is 5.82 Å². The SMILES string of the molecule is CN=C(NCCOc1ccc(OC)cc1)NCC(c1cccc(F)c1)N1CCOCC1.I. The van der Waals surface area contributed by atoms with E-state index in [4.69, 9.17) is 14.2 Å². The van der Waals surface area contributed by atoms with Gasteiger partial charge in [0.05, 0.1) is 32.9 Å². The summed E-state index contributed by atoms with van der Waals surface area (Å²) >= 11 is 0. The summed E-state index contributed by atoms with van der Waals surface area (Å²) in [4.78, 5) is 6.60. The number of hydrogen-bond donors (Lipinski definition) is 2. The Hall–Kier alpha value is -2.11. The van der Waals surface area contributed by atoms with Gasteiger partial charge in [0.1, 0.15) is 23.9 Å². The average Bonchev–Trinajstić information content (AvgIpc) is 2.81. The zero-order valence-corrected chi connectivity index (χ0v) is 20.9. The number of aliphatic imine (C=N–C) groups is 1. The highest BCUT2D eigenvalue weighted by Crippen LogP contribution is 2.22. The summed E-state index contributed by atoms with van der Waals surface area (Å²) in [6, 6.07) is 14.3. The Kier molecular flexibility index (Phi) is 11.5. The van der Waals surface area contributed by atoms with E-state index in [0.717, 1.165) is 30.2 Å². The second-order valence-electron chi connectivity index (χ2n) is 7.12. The molecule has 2 N–H and O–H groups in total. The quantitative estimate of drug-likeness (QED) is 0.214. The molecule has 2 aromatic carbocycles. The minimum absolute atomic E-state index is 0. The molecule has 1 fully saturated rings. The van der Waals surface area contributed by atoms with Crippen molar-refractivity contribution in [2.45, 2.75) is 6.04 Å². The first-order chi connectivity index (χ1) is 15.2. The van der Waals surface area contributed by atoms with Crippen molar-refractivity contribution in [3.05, 3.63) is 59.9 Å². The summed E-state index contributed by atoms with van der Waals surface area (Å²) in [6.45, 7) is 4.67. The highest BCUT2D eigenvalue weighted by atomic mass is 127. The molecule has 2 aromatic rings. The Labute approximate surface area is 206 Å². The summed E-state index contributed by atoms with van der Waals surface area (Å²) in [7, 11) is 3.36. The van der Waals surface area contributed by atoms with Crippen LogP contribution in [-0.2, 0) is 4.74 Å². The molecule has 1 heterocycles. The van der Waals surface area contributed by atoms with Crippen molar-refractivity contribution in [1.82, 2.24) is 15.5 Å². The molecule has 1 aliphatic heterocycles. The van der Waals surface area contributed by atoms with Gasteiger partial charge >= 0.3 is 0 Å². The molecule has 3 rings (SSSR count). The molecule has 0 amide bonds. The number of ether oxygens (including phenoxy) is 3. The Morgan fingerprint density at radius 3 is 2.50 bits per heavy atom. The van der Waals surface area contributed by atoms with E-state index in [1.807, 2.05) is 30.3 Å². The Morgan fingerprint density at radius 2 is 1.84 bits per heavy atom. The van der Waals surface area contributed by atoms with E-state index in [-0.39, 0.29) is 35.8 Å². The number of methoxy groups -OCH3 is 1. The van der Waals surface area contributed by atoms with Gasteiger partial charge in [0.25, 0.3) is 0 Å². The van der Waals surface area contributed by atoms with Crippen molar-refractivity contribution in [3.63, 3.8) is 0 Å². The van der Waals surface area contributed by atoms with Gasteiger partial charge in [0.2, 0.25) is 0 Å². The molecule has 0 saturated carbocycles. The number of nitrogens with zero attached hydrogens (tertiary/aromatic N) is 2. The first-order valence-electron chi connectivity index (χ1n) is 10.5. The fourth-order valence-corrected chi connectivity index (χ4v) is 3.49. The molecular weight excluding hydrogens is 526 g/mol. The normalized spacial score (nSPS) is 15.4. The summed E-state index contributed by atoms with van der Waals surface area (Å²) in [5, 5.41) is 6.62. The summed E-state index contributed by atoms with van der Waals surface area (Å²) in [5.74, 6) is 2.02. The van der Waals surface area contributed by atoms with Crippen LogP contribution in [0.1, 0.15) is 11.6 Å². The molecule has 0 bridgehead atoms. The lowest BCUT2D eigenvalue weighted by Gasteiger charge is -2.35. The molecule has 176 valence electrons. The van der Waals surface area contributed by atoms with Gasteiger partial charge < -0.3 is 24.8 Å². The van der Waals surface area contributed by atoms with Gasteiger partial charge in [-0.05, 0) is 42.0 Å². The van der Waals surface area contributed by atoms with Gasteiger partial charge in [-0.2, -0.15) is 0 Å². The maximum atomic E-state index is 13.8. The van der Waals surface area contributed by atoms with Gasteiger partial charge in [-0.3, -0.25) is 9.89 Å². The molecule has 1 saturated heterocycles. The highest BCUT2D eigenvalue weighted by molar-refractivity contribution is 14.0. The first-order valence-corrected chi connectivity index (χ1v) is 10.5. The lowest BCUT2D eigenvalue weighted by Crippen LogP contribution is -2.46. The summed E-state index contributed by atoms with van der Waals surface area (Å²) < 4.78 is 30.2. The maximum Gasteiger partial charge on any atom is 0.191 e. The van der Waals surface area contributed by atoms with Gasteiger partial charge in [0.15, 0.2) is 5.96 Å². The number of hydrogen-bond acceptors (Lipinski definition) is 5. The standard InChI is InChI=1S/C23H31FN4O3.HI/c1-25-23(26-10-13-31-21-8-6-20(29-2)7-9-21)27-17-22(28-11-14-30-15-12-28)18-4-3-5-19(24)16-18;/h3-9,16,22H,10-15,17H2,1-2H3,(H2,25,26,27);1H. The third kappa shape index (κ3) is 8.10. The predicted molar refractivity (Wildman–Crippen MR) is 135 cm³/mol. The fraction of sp³-hybridized carbons (Fsp3) is 0.435. The number of benzene rings is 2. The highest BCUT2D eigenvalue weighted by Gasteiger charge is 2.23. The van der Waals surface area contributed by atoms with Crippen molar-refractivity contribution < 1.29 is 18.6 Å². The van der Waals surface area contributed by atoms with Crippen molar-refractivity contribution >= 4 is 29.9 Å². The van der Waals surface area contributed by atoms with Crippen molar-refractivity contribution in [2.24, 2.45) is 4.99 Å². The molecule has 32 heavy (non-hydrogen) atoms. The molecule has 7 nitrogen and oxygen atoms in total. The third-order valence-corrected chi connectivity index (χ3v) is 5.13. The second kappa shape index (κ2) is 14.1. The van der Waals surface area contributed by atoms with E-state index in [1.54, 1.807) is 26.3 Å². The van der Waals surface area contributed by atoms with Crippen LogP contribution < -0.4 is 20.1 Å². The molecule has 9 heteroatoms. The van der Waals surface area contributed by atoms with Crippen LogP contribution in [0.5, 0.6) is 11.5 Å². The Balaban J connectivity index is 0.00000363. The van der Waals surface area contributed by atoms with Crippen LogP contribution in [0.15, 0.2) is 53.5 Å². The minimum Gasteiger partial charge on any atom is -0.497 e. The smallest absolute Gasteiger partial charge is 0.191 e. The molecular formula is C23H32FIN4O3. The second-order valence-corrected chi connectivity index (χ2v) is 7.12. The lowest BCUT2D eigenvalue weighted by atomic mass is 10.0. The maximum absolute atomic E-state index is 13.8. The van der Waals surface area contributed by atoms with Gasteiger partial charge in [0, 0.05) is 26.7 Å². The molecule has 0 aromatic heterocycles. The number of nitrogens with one attached hydrogen (secondary N) is 2. The van der Waals surface area contributed by atoms with Crippen LogP contribution >= 0.6 is 24.0 Å². The number of morpholine rings is 1. The molecule has 1 atom stereocenters. The topological polar surface area (TPSA) is 67.4 Å². The van der Waals surface area contributed by atoms with E-state index < -0.39 is 0 Å². The van der Waals surface area contributed by atoms with Crippen LogP contribution in [0.4, 0.5) is 4.39 Å². The summed E-state index contributed by atoms with van der Waals surface area (Å²) in [6.07, 6.45) is 0. The number of guanidine groups is 1. The van der Waals surface area contributed by atoms with Crippen molar-refractivity contribution in [1.29, 1.82) is 0 Å². The number of rotatable bonds is 9. The fourth-order valence-electron chi connectivity index (χ4n) is 3.49. The molecule has 1 aliphatic rings. The van der Waals surface area contributed by atoms with E-state index in [2.05, 4.69) is 20.5 Å². The minimum atomic E-state index is -0.228. The molecule has 1 unspecified atom stereocenters. The van der Waals surface area contributed by atoms with Crippen LogP contribution in [0.2, 0.25) is 0 Å². The van der Waals surface area contributed by atoms with E-state index >= 15 is 0 Å². The lowest BCUT2D eigenvalue weighted by molar-refractivity contribution is 0.0169. The van der Waals surface area contributed by atoms with Gasteiger partial charge in [-0.1, -0.05) is 12.1 Å². The molecule has 0 radical (unpaired) electrons. The van der Waals surface area contributed by atoms with E-state index in [0.29, 0.717) is 38.9 Å². The van der Waals surface area contributed by atoms with Crippen LogP contribution in [0.25, 0.3) is 0 Å². The van der Waals surface area contributed by atoms with Crippen molar-refractivity contribution in [2.75, 3.05) is 60.2 Å². The van der Waals surface area contributed by atoms with Gasteiger partial charge in [-0.25, -0.2) is 4.39 Å². The molecule has 0 aliphatic carbocycles.